The van der Waals surface area contributed by atoms with E-state index in [1.54, 1.807) is 0 Å². The number of thioether (sulfide) groups is 1. The van der Waals surface area contributed by atoms with Gasteiger partial charge in [0, 0.05) is 0 Å². The van der Waals surface area contributed by atoms with Crippen molar-refractivity contribution in [1.82, 2.24) is 9.78 Å². The molecule has 0 saturated heterocycles. The van der Waals surface area contributed by atoms with Gasteiger partial charge in [-0.15, -0.1) is 0 Å². The van der Waals surface area contributed by atoms with Gasteiger partial charge in [0.1, 0.15) is 5.69 Å². The molecule has 2 rings (SSSR count). The van der Waals surface area contributed by atoms with E-state index in [9.17, 15) is 30.7 Å². The molecule has 0 aliphatic heterocycles. The van der Waals surface area contributed by atoms with E-state index in [0.29, 0.717) is 6.07 Å². The molecule has 0 aliphatic rings. The number of hydrogen-bond acceptors (Lipinski definition) is 2. The first-order valence-electron chi connectivity index (χ1n) is 5.77. The predicted octanol–water partition coefficient (Wildman–Crippen LogP) is 5.60. The third-order valence-electron chi connectivity index (χ3n) is 2.75. The lowest BCUT2D eigenvalue weighted by molar-refractivity contribution is -0.137. The van der Waals surface area contributed by atoms with Crippen molar-refractivity contribution in [2.24, 2.45) is 0 Å². The van der Waals surface area contributed by atoms with Crippen LogP contribution in [-0.4, -0.2) is 15.3 Å². The van der Waals surface area contributed by atoms with Gasteiger partial charge in [-0.05, 0) is 30.8 Å². The Morgan fingerprint density at radius 2 is 1.74 bits per heavy atom. The second kappa shape index (κ2) is 5.90. The first-order chi connectivity index (χ1) is 10.4. The van der Waals surface area contributed by atoms with E-state index in [2.05, 4.69) is 5.10 Å². The van der Waals surface area contributed by atoms with Gasteiger partial charge in [0.15, 0.2) is 5.82 Å². The molecule has 126 valence electrons. The fourth-order valence-electron chi connectivity index (χ4n) is 1.78. The minimum Gasteiger partial charge on any atom is -0.232 e. The maximum Gasteiger partial charge on any atom is 0.446 e. The lowest BCUT2D eigenvalue weighted by Gasteiger charge is -2.13. The average molecular weight is 379 g/mol. The Morgan fingerprint density at radius 1 is 1.13 bits per heavy atom. The molecule has 0 amide bonds. The smallest absolute Gasteiger partial charge is 0.232 e. The Kier molecular flexibility index (Phi) is 4.60. The van der Waals surface area contributed by atoms with Crippen molar-refractivity contribution in [1.29, 1.82) is 0 Å². The zero-order valence-corrected chi connectivity index (χ0v) is 12.6. The number of benzene rings is 1. The van der Waals surface area contributed by atoms with Crippen LogP contribution in [0.4, 0.5) is 30.7 Å². The van der Waals surface area contributed by atoms with Gasteiger partial charge in [0.25, 0.3) is 0 Å². The van der Waals surface area contributed by atoms with Crippen molar-refractivity contribution in [3.05, 3.63) is 40.4 Å². The van der Waals surface area contributed by atoms with Crippen LogP contribution < -0.4 is 0 Å². The van der Waals surface area contributed by atoms with Crippen LogP contribution in [0.1, 0.15) is 11.3 Å². The van der Waals surface area contributed by atoms with E-state index in [1.807, 2.05) is 0 Å². The molecule has 2 aromatic rings. The Labute approximate surface area is 134 Å². The molecule has 0 unspecified atom stereocenters. The summed E-state index contributed by atoms with van der Waals surface area (Å²) in [5.74, 6) is -1.35. The maximum atomic E-state index is 14.0. The molecule has 11 heteroatoms. The lowest BCUT2D eigenvalue weighted by Crippen LogP contribution is -2.09. The quantitative estimate of drug-likeness (QED) is 0.500. The van der Waals surface area contributed by atoms with Gasteiger partial charge < -0.3 is 0 Å². The fourth-order valence-corrected chi connectivity index (χ4v) is 2.65. The van der Waals surface area contributed by atoms with Crippen molar-refractivity contribution < 1.29 is 30.7 Å². The first-order valence-corrected chi connectivity index (χ1v) is 6.96. The standard InChI is InChI=1S/C12H6ClF7N2S/c1-5-9(23-12(18,19)20)4-21-22(5)10-7(13)2-6(3-8(10)14)11(15,16)17/h2-4H,1H3. The Balaban J connectivity index is 2.52. The summed E-state index contributed by atoms with van der Waals surface area (Å²) in [6.07, 6.45) is -3.97. The van der Waals surface area contributed by atoms with E-state index in [0.717, 1.165) is 10.9 Å². The van der Waals surface area contributed by atoms with Gasteiger partial charge in [-0.1, -0.05) is 11.6 Å². The summed E-state index contributed by atoms with van der Waals surface area (Å²) < 4.78 is 89.6. The highest BCUT2D eigenvalue weighted by atomic mass is 35.5. The molecule has 23 heavy (non-hydrogen) atoms. The summed E-state index contributed by atoms with van der Waals surface area (Å²) in [5, 5.41) is 2.96. The average Bonchev–Trinajstić information content (AvgIpc) is 2.68. The van der Waals surface area contributed by atoms with E-state index in [-0.39, 0.29) is 16.7 Å². The summed E-state index contributed by atoms with van der Waals surface area (Å²) in [7, 11) is 0. The van der Waals surface area contributed by atoms with E-state index >= 15 is 0 Å². The van der Waals surface area contributed by atoms with Gasteiger partial charge >= 0.3 is 11.7 Å². The number of alkyl halides is 6. The van der Waals surface area contributed by atoms with Crippen LogP contribution in [0.15, 0.2) is 23.2 Å². The number of halogens is 8. The predicted molar refractivity (Wildman–Crippen MR) is 70.2 cm³/mol. The number of rotatable bonds is 2. The van der Waals surface area contributed by atoms with Crippen molar-refractivity contribution in [2.75, 3.05) is 0 Å². The molecule has 0 atom stereocenters. The van der Waals surface area contributed by atoms with E-state index in [1.165, 1.54) is 6.92 Å². The third kappa shape index (κ3) is 3.92. The number of nitrogens with zero attached hydrogens (tertiary/aromatic N) is 2. The highest BCUT2D eigenvalue weighted by Gasteiger charge is 2.34. The summed E-state index contributed by atoms with van der Waals surface area (Å²) in [6, 6.07) is 0.691. The van der Waals surface area contributed by atoms with Gasteiger partial charge in [0.05, 0.1) is 27.4 Å². The van der Waals surface area contributed by atoms with Crippen LogP contribution in [0, 0.1) is 12.7 Å². The highest BCUT2D eigenvalue weighted by Crippen LogP contribution is 2.40. The van der Waals surface area contributed by atoms with Gasteiger partial charge in [-0.3, -0.25) is 0 Å². The molecule has 0 bridgehead atoms. The first kappa shape index (κ1) is 17.9. The van der Waals surface area contributed by atoms with Crippen molar-refractivity contribution >= 4 is 23.4 Å². The minimum atomic E-state index is -4.81. The van der Waals surface area contributed by atoms with Crippen LogP contribution in [0.25, 0.3) is 5.69 Å². The minimum absolute atomic E-state index is 0.104. The zero-order valence-electron chi connectivity index (χ0n) is 11.1. The summed E-state index contributed by atoms with van der Waals surface area (Å²) in [4.78, 5) is -0.312. The van der Waals surface area contributed by atoms with Crippen LogP contribution >= 0.6 is 23.4 Å². The van der Waals surface area contributed by atoms with Gasteiger partial charge in [-0.2, -0.15) is 31.4 Å². The Morgan fingerprint density at radius 3 is 2.22 bits per heavy atom. The molecule has 0 N–H and O–H groups in total. The number of aromatic nitrogens is 2. The normalized spacial score (nSPS) is 12.7. The molecule has 0 fully saturated rings. The summed E-state index contributed by atoms with van der Waals surface area (Å²) in [5.41, 5.74) is -6.54. The fraction of sp³-hybridized carbons (Fsp3) is 0.250. The molecule has 0 spiro atoms. The Bertz CT molecular complexity index is 713. The van der Waals surface area contributed by atoms with Crippen LogP contribution in [0.2, 0.25) is 5.02 Å². The van der Waals surface area contributed by atoms with Gasteiger partial charge in [-0.25, -0.2) is 9.07 Å². The highest BCUT2D eigenvalue weighted by molar-refractivity contribution is 8.00. The van der Waals surface area contributed by atoms with Crippen LogP contribution in [0.5, 0.6) is 0 Å². The van der Waals surface area contributed by atoms with Gasteiger partial charge in [0.2, 0.25) is 0 Å². The third-order valence-corrected chi connectivity index (χ3v) is 3.89. The monoisotopic (exact) mass is 378 g/mol. The summed E-state index contributed by atoms with van der Waals surface area (Å²) >= 11 is 5.19. The van der Waals surface area contributed by atoms with E-state index < -0.39 is 45.5 Å². The molecular weight excluding hydrogens is 373 g/mol. The molecule has 0 saturated carbocycles. The van der Waals surface area contributed by atoms with Crippen molar-refractivity contribution in [2.45, 2.75) is 23.5 Å². The summed E-state index contributed by atoms with van der Waals surface area (Å²) in [6.45, 7) is 1.22. The molecule has 1 aromatic heterocycles. The van der Waals surface area contributed by atoms with Crippen LogP contribution in [0.3, 0.4) is 0 Å². The van der Waals surface area contributed by atoms with Crippen LogP contribution in [-0.2, 0) is 6.18 Å². The molecular formula is C12H6ClF7N2S. The molecule has 0 radical (unpaired) electrons. The zero-order chi connectivity index (χ0) is 17.6. The second-order valence-corrected chi connectivity index (χ2v) is 5.85. The van der Waals surface area contributed by atoms with E-state index in [4.69, 9.17) is 11.6 Å². The largest absolute Gasteiger partial charge is 0.446 e. The molecule has 1 aromatic carbocycles. The molecule has 0 aliphatic carbocycles. The topological polar surface area (TPSA) is 17.8 Å². The lowest BCUT2D eigenvalue weighted by atomic mass is 10.2. The molecule has 2 nitrogen and oxygen atoms in total. The van der Waals surface area contributed by atoms with Crippen molar-refractivity contribution in [3.63, 3.8) is 0 Å². The second-order valence-electron chi connectivity index (χ2n) is 4.34. The SMILES string of the molecule is Cc1c(SC(F)(F)F)cnn1-c1c(F)cc(C(F)(F)F)cc1Cl. The molecule has 1 heterocycles. The Hall–Kier alpha value is -1.42. The number of hydrogen-bond donors (Lipinski definition) is 0. The van der Waals surface area contributed by atoms with Crippen molar-refractivity contribution in [3.8, 4) is 5.69 Å². The maximum absolute atomic E-state index is 14.0.